The van der Waals surface area contributed by atoms with Gasteiger partial charge in [0.15, 0.2) is 0 Å². The smallest absolute Gasteiger partial charge is 0.280 e. The first-order valence-corrected chi connectivity index (χ1v) is 8.98. The van der Waals surface area contributed by atoms with Crippen LogP contribution in [0.4, 0.5) is 0 Å². The maximum Gasteiger partial charge on any atom is 0.280 e. The van der Waals surface area contributed by atoms with Crippen molar-refractivity contribution in [2.45, 2.75) is 31.8 Å². The number of nitrogens with zero attached hydrogens (tertiary/aromatic N) is 1. The maximum absolute atomic E-state index is 12.4. The first-order chi connectivity index (χ1) is 9.54. The zero-order valence-electron chi connectivity index (χ0n) is 11.3. The van der Waals surface area contributed by atoms with E-state index in [9.17, 15) is 8.42 Å². The van der Waals surface area contributed by atoms with Crippen molar-refractivity contribution in [3.8, 4) is 0 Å². The van der Waals surface area contributed by atoms with Crippen molar-refractivity contribution in [2.75, 3.05) is 13.1 Å². The van der Waals surface area contributed by atoms with Gasteiger partial charge in [0.25, 0.3) is 10.2 Å². The molecule has 0 saturated carbocycles. The summed E-state index contributed by atoms with van der Waals surface area (Å²) in [7, 11) is -3.48. The number of hydrogen-bond donors (Lipinski definition) is 2. The molecular weight excluding hydrogens is 342 g/mol. The van der Waals surface area contributed by atoms with Gasteiger partial charge in [0.05, 0.1) is 0 Å². The van der Waals surface area contributed by atoms with Gasteiger partial charge < -0.3 is 5.73 Å². The molecule has 1 aliphatic rings. The van der Waals surface area contributed by atoms with Crippen LogP contribution in [-0.4, -0.2) is 31.9 Å². The molecule has 0 radical (unpaired) electrons. The topological polar surface area (TPSA) is 75.4 Å². The zero-order valence-corrected chi connectivity index (χ0v) is 13.7. The van der Waals surface area contributed by atoms with Crippen molar-refractivity contribution in [2.24, 2.45) is 5.73 Å². The predicted octanol–water partition coefficient (Wildman–Crippen LogP) is 1.60. The molecule has 20 heavy (non-hydrogen) atoms. The van der Waals surface area contributed by atoms with Crippen LogP contribution in [0.2, 0.25) is 0 Å². The highest BCUT2D eigenvalue weighted by atomic mass is 79.9. The van der Waals surface area contributed by atoms with Gasteiger partial charge in [0.2, 0.25) is 0 Å². The molecule has 7 heteroatoms. The largest absolute Gasteiger partial charge is 0.329 e. The Bertz CT molecular complexity index is 550. The molecule has 2 rings (SSSR count). The van der Waals surface area contributed by atoms with Gasteiger partial charge in [-0.15, -0.1) is 0 Å². The van der Waals surface area contributed by atoms with Gasteiger partial charge in [0.1, 0.15) is 0 Å². The third kappa shape index (κ3) is 3.79. The number of hydrogen-bond acceptors (Lipinski definition) is 3. The minimum atomic E-state index is -3.48. The highest BCUT2D eigenvalue weighted by Gasteiger charge is 2.31. The van der Waals surface area contributed by atoms with E-state index in [4.69, 9.17) is 5.73 Å². The van der Waals surface area contributed by atoms with Crippen molar-refractivity contribution in [3.05, 3.63) is 34.3 Å². The molecule has 1 unspecified atom stereocenters. The number of benzene rings is 1. The number of halogens is 1. The molecule has 1 fully saturated rings. The fourth-order valence-electron chi connectivity index (χ4n) is 2.42. The van der Waals surface area contributed by atoms with E-state index in [-0.39, 0.29) is 12.6 Å². The average Bonchev–Trinajstić information content (AvgIpc) is 2.46. The van der Waals surface area contributed by atoms with Crippen molar-refractivity contribution in [1.29, 1.82) is 0 Å². The Kier molecular flexibility index (Phi) is 5.57. The van der Waals surface area contributed by atoms with E-state index in [0.717, 1.165) is 29.3 Å². The van der Waals surface area contributed by atoms with Crippen LogP contribution in [0.15, 0.2) is 28.7 Å². The molecule has 0 aliphatic carbocycles. The van der Waals surface area contributed by atoms with Crippen LogP contribution in [0.25, 0.3) is 0 Å². The van der Waals surface area contributed by atoms with Crippen molar-refractivity contribution < 1.29 is 8.42 Å². The van der Waals surface area contributed by atoms with Crippen LogP contribution >= 0.6 is 15.9 Å². The van der Waals surface area contributed by atoms with E-state index in [1.165, 1.54) is 4.31 Å². The summed E-state index contributed by atoms with van der Waals surface area (Å²) in [5.41, 5.74) is 6.59. The number of rotatable bonds is 5. The zero-order chi connectivity index (χ0) is 14.6. The fraction of sp³-hybridized carbons (Fsp3) is 0.538. The van der Waals surface area contributed by atoms with Crippen molar-refractivity contribution >= 4 is 26.1 Å². The lowest BCUT2D eigenvalue weighted by atomic mass is 10.1. The third-order valence-corrected chi connectivity index (χ3v) is 5.94. The standard InChI is InChI=1S/C13H20BrN3O2S/c14-13-7-2-1-5-11(13)10-16-20(18,19)17-8-4-3-6-12(17)9-15/h1-2,5,7,12,16H,3-4,6,8-10,15H2. The Hall–Kier alpha value is -0.470. The summed E-state index contributed by atoms with van der Waals surface area (Å²) in [5, 5.41) is 0. The fourth-order valence-corrected chi connectivity index (χ4v) is 4.30. The second-order valence-electron chi connectivity index (χ2n) is 4.91. The van der Waals surface area contributed by atoms with E-state index in [2.05, 4.69) is 20.7 Å². The molecule has 1 saturated heterocycles. The van der Waals surface area contributed by atoms with Crippen LogP contribution in [0.3, 0.4) is 0 Å². The first-order valence-electron chi connectivity index (χ1n) is 6.74. The molecular formula is C13H20BrN3O2S. The normalized spacial score (nSPS) is 21.0. The van der Waals surface area contributed by atoms with Gasteiger partial charge >= 0.3 is 0 Å². The van der Waals surface area contributed by atoms with E-state index in [0.29, 0.717) is 13.1 Å². The van der Waals surface area contributed by atoms with E-state index >= 15 is 0 Å². The molecule has 0 spiro atoms. The number of nitrogens with two attached hydrogens (primary N) is 1. The van der Waals surface area contributed by atoms with Crippen LogP contribution in [0, 0.1) is 0 Å². The Morgan fingerprint density at radius 3 is 2.80 bits per heavy atom. The monoisotopic (exact) mass is 361 g/mol. The lowest BCUT2D eigenvalue weighted by molar-refractivity contribution is 0.254. The molecule has 5 nitrogen and oxygen atoms in total. The van der Waals surface area contributed by atoms with E-state index < -0.39 is 10.2 Å². The number of nitrogens with one attached hydrogen (secondary N) is 1. The summed E-state index contributed by atoms with van der Waals surface area (Å²) in [4.78, 5) is 0. The predicted molar refractivity (Wildman–Crippen MR) is 83.3 cm³/mol. The van der Waals surface area contributed by atoms with E-state index in [1.807, 2.05) is 24.3 Å². The van der Waals surface area contributed by atoms with Gasteiger partial charge in [-0.1, -0.05) is 40.5 Å². The van der Waals surface area contributed by atoms with Crippen LogP contribution in [0.1, 0.15) is 24.8 Å². The lowest BCUT2D eigenvalue weighted by Gasteiger charge is -2.33. The minimum absolute atomic E-state index is 0.0829. The molecule has 1 atom stereocenters. The summed E-state index contributed by atoms with van der Waals surface area (Å²) in [5.74, 6) is 0. The summed E-state index contributed by atoms with van der Waals surface area (Å²) in [6.45, 7) is 1.20. The van der Waals surface area contributed by atoms with Crippen LogP contribution < -0.4 is 10.5 Å². The summed E-state index contributed by atoms with van der Waals surface area (Å²) in [6.07, 6.45) is 2.77. The Morgan fingerprint density at radius 2 is 2.10 bits per heavy atom. The Labute approximate surface area is 128 Å². The van der Waals surface area contributed by atoms with E-state index in [1.54, 1.807) is 0 Å². The molecule has 1 heterocycles. The lowest BCUT2D eigenvalue weighted by Crippen LogP contribution is -2.51. The molecule has 0 aromatic heterocycles. The van der Waals surface area contributed by atoms with Gasteiger partial charge in [-0.25, -0.2) is 0 Å². The van der Waals surface area contributed by atoms with Crippen LogP contribution in [0.5, 0.6) is 0 Å². The highest BCUT2D eigenvalue weighted by Crippen LogP contribution is 2.20. The summed E-state index contributed by atoms with van der Waals surface area (Å²) >= 11 is 3.42. The minimum Gasteiger partial charge on any atom is -0.329 e. The molecule has 0 bridgehead atoms. The first kappa shape index (κ1) is 15.9. The third-order valence-electron chi connectivity index (χ3n) is 3.56. The van der Waals surface area contributed by atoms with Gasteiger partial charge in [0, 0.05) is 30.1 Å². The number of piperidine rings is 1. The molecule has 3 N–H and O–H groups in total. The second kappa shape index (κ2) is 7.00. The molecule has 112 valence electrons. The Balaban J connectivity index is 2.05. The van der Waals surface area contributed by atoms with Gasteiger partial charge in [-0.2, -0.15) is 17.4 Å². The second-order valence-corrected chi connectivity index (χ2v) is 7.48. The molecule has 0 amide bonds. The summed E-state index contributed by atoms with van der Waals surface area (Å²) < 4.78 is 29.8. The SMILES string of the molecule is NCC1CCCCN1S(=O)(=O)NCc1ccccc1Br. The highest BCUT2D eigenvalue weighted by molar-refractivity contribution is 9.10. The van der Waals surface area contributed by atoms with Crippen molar-refractivity contribution in [1.82, 2.24) is 9.03 Å². The van der Waals surface area contributed by atoms with Crippen LogP contribution in [-0.2, 0) is 16.8 Å². The van der Waals surface area contributed by atoms with Gasteiger partial charge in [-0.05, 0) is 24.5 Å². The molecule has 1 aromatic rings. The summed E-state index contributed by atoms with van der Waals surface area (Å²) in [6, 6.07) is 7.49. The van der Waals surface area contributed by atoms with Gasteiger partial charge in [-0.3, -0.25) is 0 Å². The quantitative estimate of drug-likeness (QED) is 0.836. The molecule has 1 aromatic carbocycles. The van der Waals surface area contributed by atoms with Crippen molar-refractivity contribution in [3.63, 3.8) is 0 Å². The average molecular weight is 362 g/mol. The Morgan fingerprint density at radius 1 is 1.35 bits per heavy atom. The molecule has 1 aliphatic heterocycles. The maximum atomic E-state index is 12.4.